The first-order chi connectivity index (χ1) is 8.34. The Hall–Kier alpha value is -1.28. The second-order valence-electron chi connectivity index (χ2n) is 4.89. The van der Waals surface area contributed by atoms with Crippen molar-refractivity contribution in [2.45, 2.75) is 12.5 Å². The number of likely N-dealkylation sites (N-methyl/N-ethyl adjacent to an activating group) is 1. The van der Waals surface area contributed by atoms with E-state index < -0.39 is 5.60 Å². The van der Waals surface area contributed by atoms with E-state index in [0.29, 0.717) is 23.7 Å². The molecule has 0 amide bonds. The van der Waals surface area contributed by atoms with Crippen LogP contribution in [0, 0.1) is 11.3 Å². The summed E-state index contributed by atoms with van der Waals surface area (Å²) in [5, 5.41) is 22.4. The lowest BCUT2D eigenvalue weighted by atomic mass is 10.1. The predicted molar refractivity (Wildman–Crippen MR) is 73.8 cm³/mol. The number of nitrogens with one attached hydrogen (secondary N) is 1. The van der Waals surface area contributed by atoms with Gasteiger partial charge in [0.25, 0.3) is 0 Å². The van der Waals surface area contributed by atoms with E-state index >= 15 is 0 Å². The van der Waals surface area contributed by atoms with Crippen LogP contribution >= 0.6 is 11.6 Å². The highest BCUT2D eigenvalue weighted by Crippen LogP contribution is 2.20. The van der Waals surface area contributed by atoms with Gasteiger partial charge in [0, 0.05) is 18.8 Å². The molecule has 0 aliphatic carbocycles. The average Bonchev–Trinajstić information content (AvgIpc) is 2.25. The van der Waals surface area contributed by atoms with Gasteiger partial charge in [0.05, 0.1) is 16.2 Å². The minimum Gasteiger partial charge on any atom is -0.387 e. The molecule has 0 saturated heterocycles. The smallest absolute Gasteiger partial charge is 0.101 e. The van der Waals surface area contributed by atoms with Crippen molar-refractivity contribution in [3.63, 3.8) is 0 Å². The molecule has 0 unspecified atom stereocenters. The third kappa shape index (κ3) is 4.53. The third-order valence-electron chi connectivity index (χ3n) is 2.42. The molecule has 0 aromatic heterocycles. The Morgan fingerprint density at radius 3 is 2.67 bits per heavy atom. The lowest BCUT2D eigenvalue weighted by Gasteiger charge is -2.27. The van der Waals surface area contributed by atoms with Gasteiger partial charge in [0.15, 0.2) is 0 Å². The van der Waals surface area contributed by atoms with Gasteiger partial charge < -0.3 is 15.3 Å². The summed E-state index contributed by atoms with van der Waals surface area (Å²) in [5.74, 6) is 0. The van der Waals surface area contributed by atoms with Gasteiger partial charge in [-0.25, -0.2) is 0 Å². The van der Waals surface area contributed by atoms with Crippen molar-refractivity contribution >= 4 is 17.3 Å². The Kier molecular flexibility index (Phi) is 4.97. The number of hydrogen-bond acceptors (Lipinski definition) is 4. The zero-order valence-corrected chi connectivity index (χ0v) is 11.6. The van der Waals surface area contributed by atoms with Crippen LogP contribution in [-0.4, -0.2) is 42.8 Å². The molecule has 0 spiro atoms. The summed E-state index contributed by atoms with van der Waals surface area (Å²) in [6.45, 7) is 2.74. The minimum absolute atomic E-state index is 0.410. The fraction of sp³-hybridized carbons (Fsp3) is 0.462. The van der Waals surface area contributed by atoms with Crippen LogP contribution in [0.2, 0.25) is 5.02 Å². The van der Waals surface area contributed by atoms with Gasteiger partial charge in [-0.15, -0.1) is 0 Å². The molecule has 0 aliphatic rings. The fourth-order valence-electron chi connectivity index (χ4n) is 1.75. The Morgan fingerprint density at radius 2 is 2.17 bits per heavy atom. The quantitative estimate of drug-likeness (QED) is 0.856. The number of nitrogens with zero attached hydrogens (tertiary/aromatic N) is 2. The van der Waals surface area contributed by atoms with Gasteiger partial charge in [-0.05, 0) is 39.2 Å². The summed E-state index contributed by atoms with van der Waals surface area (Å²) in [7, 11) is 3.82. The molecule has 0 radical (unpaired) electrons. The lowest BCUT2D eigenvalue weighted by Crippen LogP contribution is -2.43. The summed E-state index contributed by atoms with van der Waals surface area (Å²) in [6.07, 6.45) is 0. The van der Waals surface area contributed by atoms with E-state index in [1.807, 2.05) is 25.1 Å². The molecule has 0 saturated carbocycles. The molecule has 2 N–H and O–H groups in total. The molecular formula is C13H18ClN3O. The molecule has 0 aliphatic heterocycles. The van der Waals surface area contributed by atoms with Crippen molar-refractivity contribution in [2.75, 3.05) is 32.5 Å². The second kappa shape index (κ2) is 6.05. The van der Waals surface area contributed by atoms with E-state index in [1.54, 1.807) is 25.1 Å². The maximum atomic E-state index is 10.1. The summed E-state index contributed by atoms with van der Waals surface area (Å²) in [5.41, 5.74) is 0.407. The first kappa shape index (κ1) is 14.8. The highest BCUT2D eigenvalue weighted by atomic mass is 35.5. The maximum Gasteiger partial charge on any atom is 0.101 e. The van der Waals surface area contributed by atoms with E-state index in [9.17, 15) is 5.11 Å². The number of anilines is 1. The second-order valence-corrected chi connectivity index (χ2v) is 5.30. The van der Waals surface area contributed by atoms with Crippen LogP contribution in [0.1, 0.15) is 12.5 Å². The first-order valence-corrected chi connectivity index (χ1v) is 6.02. The van der Waals surface area contributed by atoms with E-state index in [1.165, 1.54) is 0 Å². The van der Waals surface area contributed by atoms with Crippen LogP contribution in [0.5, 0.6) is 0 Å². The Labute approximate surface area is 113 Å². The first-order valence-electron chi connectivity index (χ1n) is 5.65. The number of halogens is 1. The average molecular weight is 268 g/mol. The van der Waals surface area contributed by atoms with Gasteiger partial charge in [-0.1, -0.05) is 11.6 Å². The zero-order valence-electron chi connectivity index (χ0n) is 10.9. The molecule has 4 nitrogen and oxygen atoms in total. The van der Waals surface area contributed by atoms with Crippen LogP contribution < -0.4 is 5.32 Å². The molecule has 0 bridgehead atoms. The number of nitriles is 1. The highest BCUT2D eigenvalue weighted by molar-refractivity contribution is 6.32. The van der Waals surface area contributed by atoms with E-state index in [2.05, 4.69) is 5.32 Å². The number of aliphatic hydroxyl groups is 1. The van der Waals surface area contributed by atoms with Crippen molar-refractivity contribution in [1.82, 2.24) is 4.90 Å². The molecule has 0 fully saturated rings. The Balaban J connectivity index is 2.64. The predicted octanol–water partition coefficient (Wildman–Crippen LogP) is 1.94. The van der Waals surface area contributed by atoms with Crippen molar-refractivity contribution in [3.8, 4) is 6.07 Å². The van der Waals surface area contributed by atoms with Crippen molar-refractivity contribution in [2.24, 2.45) is 0 Å². The summed E-state index contributed by atoms with van der Waals surface area (Å²) in [6, 6.07) is 7.12. The molecule has 5 heteroatoms. The minimum atomic E-state index is -0.829. The summed E-state index contributed by atoms with van der Waals surface area (Å²) < 4.78 is 0. The lowest BCUT2D eigenvalue weighted by molar-refractivity contribution is 0.0460. The normalized spacial score (nSPS) is 14.1. The van der Waals surface area contributed by atoms with Gasteiger partial charge in [0.2, 0.25) is 0 Å². The summed E-state index contributed by atoms with van der Waals surface area (Å²) >= 11 is 5.93. The summed E-state index contributed by atoms with van der Waals surface area (Å²) in [4.78, 5) is 1.92. The molecule has 0 heterocycles. The Bertz CT molecular complexity index is 452. The fourth-order valence-corrected chi connectivity index (χ4v) is 1.97. The van der Waals surface area contributed by atoms with E-state index in [-0.39, 0.29) is 0 Å². The molecule has 1 aromatic carbocycles. The van der Waals surface area contributed by atoms with Gasteiger partial charge >= 0.3 is 0 Å². The highest BCUT2D eigenvalue weighted by Gasteiger charge is 2.20. The number of rotatable bonds is 5. The largest absolute Gasteiger partial charge is 0.387 e. The molecule has 1 rings (SSSR count). The van der Waals surface area contributed by atoms with Crippen molar-refractivity contribution in [1.29, 1.82) is 5.26 Å². The third-order valence-corrected chi connectivity index (χ3v) is 2.73. The van der Waals surface area contributed by atoms with Gasteiger partial charge in [-0.3, -0.25) is 0 Å². The Morgan fingerprint density at radius 1 is 1.50 bits per heavy atom. The van der Waals surface area contributed by atoms with E-state index in [0.717, 1.165) is 5.69 Å². The monoisotopic (exact) mass is 267 g/mol. The van der Waals surface area contributed by atoms with Crippen LogP contribution in [0.25, 0.3) is 0 Å². The topological polar surface area (TPSA) is 59.3 Å². The molecule has 98 valence electrons. The molecule has 18 heavy (non-hydrogen) atoms. The number of hydrogen-bond donors (Lipinski definition) is 2. The molecule has 1 aromatic rings. The molecular weight excluding hydrogens is 250 g/mol. The van der Waals surface area contributed by atoms with Crippen molar-refractivity contribution < 1.29 is 5.11 Å². The van der Waals surface area contributed by atoms with E-state index in [4.69, 9.17) is 16.9 Å². The van der Waals surface area contributed by atoms with Crippen LogP contribution in [0.3, 0.4) is 0 Å². The molecule has 1 atom stereocenters. The van der Waals surface area contributed by atoms with Gasteiger partial charge in [-0.2, -0.15) is 5.26 Å². The standard InChI is InChI=1S/C13H18ClN3O/c1-13(18,9-17(2)3)8-16-11-5-4-10(7-15)12(14)6-11/h4-6,16,18H,8-9H2,1-3H3/t13-/m0/s1. The SMILES string of the molecule is CN(C)C[C@@](C)(O)CNc1ccc(C#N)c(Cl)c1. The van der Waals surface area contributed by atoms with Crippen molar-refractivity contribution in [3.05, 3.63) is 28.8 Å². The van der Waals surface area contributed by atoms with Gasteiger partial charge in [0.1, 0.15) is 6.07 Å². The van der Waals surface area contributed by atoms with Crippen LogP contribution in [-0.2, 0) is 0 Å². The maximum absolute atomic E-state index is 10.1. The number of benzene rings is 1. The van der Waals surface area contributed by atoms with Crippen LogP contribution in [0.4, 0.5) is 5.69 Å². The zero-order chi connectivity index (χ0) is 13.8. The van der Waals surface area contributed by atoms with Crippen LogP contribution in [0.15, 0.2) is 18.2 Å².